The van der Waals surface area contributed by atoms with Gasteiger partial charge in [0.25, 0.3) is 11.8 Å². The summed E-state index contributed by atoms with van der Waals surface area (Å²) in [6, 6.07) is 5.12. The molecular weight excluding hydrogens is 368 g/mol. The van der Waals surface area contributed by atoms with Crippen molar-refractivity contribution in [3.05, 3.63) is 59.0 Å². The summed E-state index contributed by atoms with van der Waals surface area (Å²) >= 11 is 0. The van der Waals surface area contributed by atoms with E-state index in [-0.39, 0.29) is 22.7 Å². The molecule has 3 rings (SSSR count). The first-order chi connectivity index (χ1) is 13.8. The van der Waals surface area contributed by atoms with Crippen molar-refractivity contribution in [2.45, 2.75) is 6.18 Å². The van der Waals surface area contributed by atoms with E-state index in [1.807, 2.05) is 0 Å². The molecule has 3 N–H and O–H groups in total. The number of hydrogen-bond donors (Lipinski definition) is 2. The Morgan fingerprint density at radius 3 is 2.59 bits per heavy atom. The average molecular weight is 383 g/mol. The van der Waals surface area contributed by atoms with Crippen LogP contribution in [0.15, 0.2) is 36.4 Å². The summed E-state index contributed by atoms with van der Waals surface area (Å²) in [4.78, 5) is 24.1. The number of rotatable bonds is 3. The van der Waals surface area contributed by atoms with Crippen LogP contribution in [0.3, 0.4) is 0 Å². The number of primary amides is 1. The Morgan fingerprint density at radius 1 is 1.22 bits per heavy atom. The van der Waals surface area contributed by atoms with E-state index < -0.39 is 47.6 Å². The summed E-state index contributed by atoms with van der Waals surface area (Å²) < 4.78 is 74.8. The smallest absolute Gasteiger partial charge is 0.364 e. The molecule has 0 aliphatic rings. The van der Waals surface area contributed by atoms with Gasteiger partial charge in [0.2, 0.25) is 0 Å². The van der Waals surface area contributed by atoms with E-state index in [0.29, 0.717) is 16.8 Å². The molecule has 0 aliphatic heterocycles. The molecule has 0 unspecified atom stereocenters. The predicted octanol–water partition coefficient (Wildman–Crippen LogP) is 3.08. The summed E-state index contributed by atoms with van der Waals surface area (Å²) in [5.41, 5.74) is 2.98. The summed E-state index contributed by atoms with van der Waals surface area (Å²) in [6.07, 6.45) is -4.85. The van der Waals surface area contributed by atoms with Crippen LogP contribution >= 0.6 is 0 Å². The molecule has 0 atom stereocenters. The third-order valence-corrected chi connectivity index (χ3v) is 3.65. The number of aryl methyl sites for hydroxylation is 1. The molecule has 2 amide bonds. The number of fused-ring (bicyclic) bond motifs is 1. The standard InChI is InChI=1S/C17H12F4N4O2/c1-25-14(15(22)26)12-7-11(2-3-13(12)24-25)23-16(27)8-4-9(17(19,20)21)6-10(18)5-8/h2-7H,1H3,(H2,22,26)(H,23,27)/i1D3. The minimum absolute atomic E-state index is 0.00193. The lowest BCUT2D eigenvalue weighted by molar-refractivity contribution is -0.137. The summed E-state index contributed by atoms with van der Waals surface area (Å²) in [5, 5.41) is 6.07. The molecule has 6 nitrogen and oxygen atoms in total. The Morgan fingerprint density at radius 2 is 1.96 bits per heavy atom. The molecular formula is C17H12F4N4O2. The molecule has 2 aromatic carbocycles. The SMILES string of the molecule is [2H]C([2H])([2H])n1nc2ccc(NC(=O)c3cc(F)cc(C(F)(F)F)c3)cc2c1C(N)=O. The second-order valence-electron chi connectivity index (χ2n) is 5.54. The van der Waals surface area contributed by atoms with Gasteiger partial charge in [0, 0.05) is 27.7 Å². The van der Waals surface area contributed by atoms with Crippen LogP contribution in [0.5, 0.6) is 0 Å². The zero-order chi connectivity index (χ0) is 22.4. The van der Waals surface area contributed by atoms with Crippen molar-refractivity contribution in [1.29, 1.82) is 0 Å². The number of alkyl halides is 3. The molecule has 3 aromatic rings. The number of anilines is 1. The molecule has 0 aliphatic carbocycles. The second-order valence-corrected chi connectivity index (χ2v) is 5.54. The van der Waals surface area contributed by atoms with E-state index in [2.05, 4.69) is 10.4 Å². The minimum atomic E-state index is -4.85. The quantitative estimate of drug-likeness (QED) is 0.681. The highest BCUT2D eigenvalue weighted by molar-refractivity contribution is 6.08. The lowest BCUT2D eigenvalue weighted by Gasteiger charge is -2.10. The van der Waals surface area contributed by atoms with Crippen LogP contribution in [-0.4, -0.2) is 21.6 Å². The molecule has 1 heterocycles. The van der Waals surface area contributed by atoms with Crippen LogP contribution in [-0.2, 0) is 13.2 Å². The van der Waals surface area contributed by atoms with Gasteiger partial charge in [-0.3, -0.25) is 14.3 Å². The normalized spacial score (nSPS) is 13.7. The van der Waals surface area contributed by atoms with Crippen LogP contribution in [0.2, 0.25) is 0 Å². The first kappa shape index (κ1) is 14.7. The van der Waals surface area contributed by atoms with E-state index in [4.69, 9.17) is 9.85 Å². The monoisotopic (exact) mass is 383 g/mol. The highest BCUT2D eigenvalue weighted by Gasteiger charge is 2.32. The van der Waals surface area contributed by atoms with Crippen molar-refractivity contribution in [2.75, 3.05) is 5.32 Å². The van der Waals surface area contributed by atoms with Gasteiger partial charge in [0.1, 0.15) is 11.5 Å². The Hall–Kier alpha value is -3.43. The van der Waals surface area contributed by atoms with Gasteiger partial charge in [0.15, 0.2) is 0 Å². The molecule has 140 valence electrons. The van der Waals surface area contributed by atoms with Gasteiger partial charge in [0.05, 0.1) is 11.1 Å². The lowest BCUT2D eigenvalue weighted by atomic mass is 10.1. The number of benzene rings is 2. The zero-order valence-electron chi connectivity index (χ0n) is 16.3. The van der Waals surface area contributed by atoms with Gasteiger partial charge in [-0.05, 0) is 36.4 Å². The van der Waals surface area contributed by atoms with E-state index in [1.165, 1.54) is 18.2 Å². The van der Waals surface area contributed by atoms with E-state index in [0.717, 1.165) is 0 Å². The fraction of sp³-hybridized carbons (Fsp3) is 0.118. The first-order valence-electron chi connectivity index (χ1n) is 8.79. The topological polar surface area (TPSA) is 90.0 Å². The van der Waals surface area contributed by atoms with Crippen molar-refractivity contribution in [2.24, 2.45) is 12.7 Å². The number of nitrogens with two attached hydrogens (primary N) is 1. The largest absolute Gasteiger partial charge is 0.416 e. The fourth-order valence-electron chi connectivity index (χ4n) is 2.49. The molecule has 0 bridgehead atoms. The maximum absolute atomic E-state index is 13.5. The van der Waals surface area contributed by atoms with Crippen LogP contribution < -0.4 is 11.1 Å². The molecule has 0 spiro atoms. The van der Waals surface area contributed by atoms with Crippen LogP contribution in [0, 0.1) is 5.82 Å². The molecule has 27 heavy (non-hydrogen) atoms. The third kappa shape index (κ3) is 3.59. The van der Waals surface area contributed by atoms with Crippen LogP contribution in [0.1, 0.15) is 30.5 Å². The van der Waals surface area contributed by atoms with Crippen LogP contribution in [0.25, 0.3) is 10.9 Å². The minimum Gasteiger partial charge on any atom is -0.364 e. The number of nitrogens with zero attached hydrogens (tertiary/aromatic N) is 2. The van der Waals surface area contributed by atoms with Crippen molar-refractivity contribution >= 4 is 28.4 Å². The number of amides is 2. The van der Waals surface area contributed by atoms with Gasteiger partial charge in [-0.1, -0.05) is 0 Å². The summed E-state index contributed by atoms with van der Waals surface area (Å²) in [6.45, 7) is -2.80. The van der Waals surface area contributed by atoms with Crippen molar-refractivity contribution < 1.29 is 31.3 Å². The molecule has 10 heteroatoms. The van der Waals surface area contributed by atoms with Crippen LogP contribution in [0.4, 0.5) is 23.2 Å². The Kier molecular flexibility index (Phi) is 3.48. The highest BCUT2D eigenvalue weighted by Crippen LogP contribution is 2.30. The Balaban J connectivity index is 2.01. The van der Waals surface area contributed by atoms with Gasteiger partial charge in [-0.25, -0.2) is 4.39 Å². The molecule has 1 aromatic heterocycles. The molecule has 0 saturated heterocycles. The number of aromatic nitrogens is 2. The highest BCUT2D eigenvalue weighted by atomic mass is 19.4. The Labute approximate surface area is 153 Å². The fourth-order valence-corrected chi connectivity index (χ4v) is 2.49. The van der Waals surface area contributed by atoms with Gasteiger partial charge >= 0.3 is 6.18 Å². The number of carbonyl (C=O) groups is 2. The maximum Gasteiger partial charge on any atom is 0.416 e. The second kappa shape index (κ2) is 6.38. The van der Waals surface area contributed by atoms with Crippen molar-refractivity contribution in [3.63, 3.8) is 0 Å². The zero-order valence-corrected chi connectivity index (χ0v) is 13.3. The number of carbonyl (C=O) groups excluding carboxylic acids is 2. The van der Waals surface area contributed by atoms with E-state index in [9.17, 15) is 27.2 Å². The number of hydrogen-bond acceptors (Lipinski definition) is 3. The van der Waals surface area contributed by atoms with Crippen molar-refractivity contribution in [3.8, 4) is 0 Å². The van der Waals surface area contributed by atoms with Gasteiger partial charge in [-0.15, -0.1) is 0 Å². The number of nitrogens with one attached hydrogen (secondary N) is 1. The summed E-state index contributed by atoms with van der Waals surface area (Å²) in [7, 11) is 0. The van der Waals surface area contributed by atoms with E-state index >= 15 is 0 Å². The lowest BCUT2D eigenvalue weighted by Crippen LogP contribution is -2.16. The molecule has 0 radical (unpaired) electrons. The van der Waals surface area contributed by atoms with Gasteiger partial charge < -0.3 is 11.1 Å². The molecule has 0 saturated carbocycles. The third-order valence-electron chi connectivity index (χ3n) is 3.65. The Bertz CT molecular complexity index is 1170. The van der Waals surface area contributed by atoms with E-state index in [1.54, 1.807) is 0 Å². The first-order valence-corrected chi connectivity index (χ1v) is 7.29. The maximum atomic E-state index is 13.5. The molecule has 0 fully saturated rings. The average Bonchev–Trinajstić information content (AvgIpc) is 2.99. The number of halogens is 4. The predicted molar refractivity (Wildman–Crippen MR) is 88.6 cm³/mol. The van der Waals surface area contributed by atoms with Gasteiger partial charge in [-0.2, -0.15) is 18.3 Å². The summed E-state index contributed by atoms with van der Waals surface area (Å²) in [5.74, 6) is -3.39. The van der Waals surface area contributed by atoms with Crippen molar-refractivity contribution in [1.82, 2.24) is 9.78 Å².